The van der Waals surface area contributed by atoms with Crippen molar-refractivity contribution in [3.63, 3.8) is 0 Å². The van der Waals surface area contributed by atoms with Gasteiger partial charge in [-0.15, -0.1) is 0 Å². The van der Waals surface area contributed by atoms with Gasteiger partial charge >= 0.3 is 0 Å². The molecule has 1 unspecified atom stereocenters. The van der Waals surface area contributed by atoms with Crippen LogP contribution in [0.1, 0.15) is 35.9 Å². The highest BCUT2D eigenvalue weighted by Crippen LogP contribution is 2.20. The van der Waals surface area contributed by atoms with E-state index in [1.807, 2.05) is 6.92 Å². The molecule has 0 radical (unpaired) electrons. The molecule has 2 heterocycles. The standard InChI is InChI=1S/C13H16N2O2/c1-2-12-11(5-7-17-12)13(16)15-6-3-4-10(8-14)9-15/h5,7,10H,2-4,6,9H2,1H3. The minimum Gasteiger partial charge on any atom is -0.469 e. The van der Waals surface area contributed by atoms with Crippen LogP contribution in [0.5, 0.6) is 0 Å². The van der Waals surface area contributed by atoms with E-state index in [-0.39, 0.29) is 11.8 Å². The fraction of sp³-hybridized carbons (Fsp3) is 0.538. The van der Waals surface area contributed by atoms with Crippen molar-refractivity contribution >= 4 is 5.91 Å². The molecular weight excluding hydrogens is 216 g/mol. The second-order valence-electron chi connectivity index (χ2n) is 4.33. The van der Waals surface area contributed by atoms with Gasteiger partial charge < -0.3 is 9.32 Å². The Labute approximate surface area is 101 Å². The van der Waals surface area contributed by atoms with Crippen molar-refractivity contribution in [3.8, 4) is 6.07 Å². The molecule has 1 aromatic rings. The Balaban J connectivity index is 2.12. The Kier molecular flexibility index (Phi) is 3.48. The van der Waals surface area contributed by atoms with Crippen LogP contribution in [0.4, 0.5) is 0 Å². The maximum Gasteiger partial charge on any atom is 0.257 e. The van der Waals surface area contributed by atoms with Crippen molar-refractivity contribution in [1.82, 2.24) is 4.90 Å². The van der Waals surface area contributed by atoms with Gasteiger partial charge in [-0.1, -0.05) is 6.92 Å². The lowest BCUT2D eigenvalue weighted by molar-refractivity contribution is 0.0696. The number of aryl methyl sites for hydroxylation is 1. The molecule has 0 N–H and O–H groups in total. The summed E-state index contributed by atoms with van der Waals surface area (Å²) in [5, 5.41) is 8.92. The van der Waals surface area contributed by atoms with Gasteiger partial charge in [-0.2, -0.15) is 5.26 Å². The summed E-state index contributed by atoms with van der Waals surface area (Å²) in [6, 6.07) is 3.96. The first-order valence-electron chi connectivity index (χ1n) is 6.01. The third-order valence-corrected chi connectivity index (χ3v) is 3.19. The third kappa shape index (κ3) is 2.33. The van der Waals surface area contributed by atoms with Crippen molar-refractivity contribution in [2.24, 2.45) is 5.92 Å². The second-order valence-corrected chi connectivity index (χ2v) is 4.33. The van der Waals surface area contributed by atoms with Gasteiger partial charge in [0, 0.05) is 19.5 Å². The van der Waals surface area contributed by atoms with Gasteiger partial charge in [0.1, 0.15) is 5.76 Å². The van der Waals surface area contributed by atoms with E-state index < -0.39 is 0 Å². The van der Waals surface area contributed by atoms with Gasteiger partial charge in [0.05, 0.1) is 23.8 Å². The number of carbonyl (C=O) groups excluding carboxylic acids is 1. The fourth-order valence-corrected chi connectivity index (χ4v) is 2.24. The molecule has 0 bridgehead atoms. The van der Waals surface area contributed by atoms with Gasteiger partial charge in [0.2, 0.25) is 0 Å². The van der Waals surface area contributed by atoms with Crippen molar-refractivity contribution in [1.29, 1.82) is 5.26 Å². The molecule has 1 amide bonds. The lowest BCUT2D eigenvalue weighted by atomic mass is 9.99. The summed E-state index contributed by atoms with van der Waals surface area (Å²) in [6.07, 6.45) is 4.07. The van der Waals surface area contributed by atoms with Crippen LogP contribution in [0.3, 0.4) is 0 Å². The van der Waals surface area contributed by atoms with Crippen molar-refractivity contribution < 1.29 is 9.21 Å². The largest absolute Gasteiger partial charge is 0.469 e. The fourth-order valence-electron chi connectivity index (χ4n) is 2.24. The van der Waals surface area contributed by atoms with Gasteiger partial charge in [0.15, 0.2) is 0 Å². The van der Waals surface area contributed by atoms with E-state index in [4.69, 9.17) is 9.68 Å². The van der Waals surface area contributed by atoms with E-state index in [0.717, 1.165) is 25.1 Å². The normalized spacial score (nSPS) is 20.0. The molecule has 1 saturated heterocycles. The number of nitriles is 1. The van der Waals surface area contributed by atoms with Gasteiger partial charge in [0.25, 0.3) is 5.91 Å². The number of likely N-dealkylation sites (tertiary alicyclic amines) is 1. The number of nitrogens with zero attached hydrogens (tertiary/aromatic N) is 2. The molecule has 17 heavy (non-hydrogen) atoms. The molecule has 1 atom stereocenters. The highest BCUT2D eigenvalue weighted by Gasteiger charge is 2.26. The molecular formula is C13H16N2O2. The predicted octanol–water partition coefficient (Wildman–Crippen LogP) is 2.22. The van der Waals surface area contributed by atoms with Crippen LogP contribution in [0.25, 0.3) is 0 Å². The summed E-state index contributed by atoms with van der Waals surface area (Å²) in [4.78, 5) is 14.0. The number of carbonyl (C=O) groups is 1. The Morgan fingerprint density at radius 3 is 3.24 bits per heavy atom. The number of hydrogen-bond acceptors (Lipinski definition) is 3. The van der Waals surface area contributed by atoms with Crippen LogP contribution in [-0.4, -0.2) is 23.9 Å². The van der Waals surface area contributed by atoms with E-state index in [0.29, 0.717) is 18.5 Å². The minimum atomic E-state index is -0.0234. The zero-order valence-corrected chi connectivity index (χ0v) is 9.98. The first-order chi connectivity index (χ1) is 8.26. The molecule has 1 aliphatic rings. The first kappa shape index (κ1) is 11.7. The summed E-state index contributed by atoms with van der Waals surface area (Å²) in [5.41, 5.74) is 0.645. The number of amides is 1. The van der Waals surface area contributed by atoms with Gasteiger partial charge in [-0.05, 0) is 18.9 Å². The Hall–Kier alpha value is -1.76. The average Bonchev–Trinajstić information content (AvgIpc) is 2.86. The smallest absolute Gasteiger partial charge is 0.257 e. The number of piperidine rings is 1. The summed E-state index contributed by atoms with van der Waals surface area (Å²) >= 11 is 0. The first-order valence-corrected chi connectivity index (χ1v) is 6.01. The zero-order chi connectivity index (χ0) is 12.3. The molecule has 4 nitrogen and oxygen atoms in total. The summed E-state index contributed by atoms with van der Waals surface area (Å²) < 4.78 is 5.27. The third-order valence-electron chi connectivity index (χ3n) is 3.19. The van der Waals surface area contributed by atoms with Crippen LogP contribution in [0, 0.1) is 17.2 Å². The maximum absolute atomic E-state index is 12.3. The molecule has 90 valence electrons. The molecule has 0 aromatic carbocycles. The van der Waals surface area contributed by atoms with E-state index in [1.165, 1.54) is 0 Å². The van der Waals surface area contributed by atoms with Gasteiger partial charge in [-0.25, -0.2) is 0 Å². The van der Waals surface area contributed by atoms with Crippen LogP contribution in [0.15, 0.2) is 16.7 Å². The topological polar surface area (TPSA) is 57.2 Å². The number of hydrogen-bond donors (Lipinski definition) is 0. The van der Waals surface area contributed by atoms with Gasteiger partial charge in [-0.3, -0.25) is 4.79 Å². The predicted molar refractivity (Wildman–Crippen MR) is 62.3 cm³/mol. The van der Waals surface area contributed by atoms with Crippen LogP contribution in [-0.2, 0) is 6.42 Å². The lowest BCUT2D eigenvalue weighted by Crippen LogP contribution is -2.39. The molecule has 1 aliphatic heterocycles. The molecule has 1 fully saturated rings. The second kappa shape index (κ2) is 5.05. The summed E-state index contributed by atoms with van der Waals surface area (Å²) in [7, 11) is 0. The maximum atomic E-state index is 12.3. The number of rotatable bonds is 2. The Bertz CT molecular complexity index is 445. The van der Waals surface area contributed by atoms with E-state index in [2.05, 4.69) is 6.07 Å². The Morgan fingerprint density at radius 1 is 1.71 bits per heavy atom. The summed E-state index contributed by atoms with van der Waals surface area (Å²) in [6.45, 7) is 3.25. The summed E-state index contributed by atoms with van der Waals surface area (Å²) in [5.74, 6) is 0.703. The molecule has 0 aliphatic carbocycles. The van der Waals surface area contributed by atoms with E-state index >= 15 is 0 Å². The zero-order valence-electron chi connectivity index (χ0n) is 9.98. The minimum absolute atomic E-state index is 0.00412. The monoisotopic (exact) mass is 232 g/mol. The number of furan rings is 1. The van der Waals surface area contributed by atoms with Crippen LogP contribution in [0.2, 0.25) is 0 Å². The quantitative estimate of drug-likeness (QED) is 0.785. The van der Waals surface area contributed by atoms with Crippen LogP contribution < -0.4 is 0 Å². The highest BCUT2D eigenvalue weighted by molar-refractivity contribution is 5.95. The van der Waals surface area contributed by atoms with Crippen molar-refractivity contribution in [3.05, 3.63) is 23.7 Å². The SMILES string of the molecule is CCc1occc1C(=O)N1CCCC(C#N)C1. The lowest BCUT2D eigenvalue weighted by Gasteiger charge is -2.29. The molecule has 1 aromatic heterocycles. The van der Waals surface area contributed by atoms with E-state index in [9.17, 15) is 4.79 Å². The molecule has 2 rings (SSSR count). The Morgan fingerprint density at radius 2 is 2.53 bits per heavy atom. The van der Waals surface area contributed by atoms with Crippen molar-refractivity contribution in [2.75, 3.05) is 13.1 Å². The van der Waals surface area contributed by atoms with Crippen molar-refractivity contribution in [2.45, 2.75) is 26.2 Å². The highest BCUT2D eigenvalue weighted by atomic mass is 16.3. The molecule has 0 spiro atoms. The molecule has 0 saturated carbocycles. The average molecular weight is 232 g/mol. The molecule has 4 heteroatoms. The van der Waals surface area contributed by atoms with Crippen LogP contribution >= 0.6 is 0 Å². The van der Waals surface area contributed by atoms with E-state index in [1.54, 1.807) is 17.2 Å².